The second-order valence-corrected chi connectivity index (χ2v) is 15.7. The second-order valence-electron chi connectivity index (χ2n) is 13.3. The molecule has 0 aliphatic carbocycles. The van der Waals surface area contributed by atoms with Gasteiger partial charge < -0.3 is 37.0 Å². The highest BCUT2D eigenvalue weighted by Crippen LogP contribution is 2.38. The number of hydrogen-bond donors (Lipinski definition) is 7. The number of azo groups is 2. The maximum atomic E-state index is 12.9. The fourth-order valence-electron chi connectivity index (χ4n) is 5.92. The molecule has 0 aliphatic heterocycles. The van der Waals surface area contributed by atoms with Crippen molar-refractivity contribution >= 4 is 80.7 Å². The quantitative estimate of drug-likeness (QED) is 0.0225. The molecule has 0 unspecified atom stereocenters. The number of aromatic hydroxyl groups is 1. The smallest absolute Gasteiger partial charge is 0.335 e. The minimum Gasteiger partial charge on any atom is -0.479 e. The van der Waals surface area contributed by atoms with Gasteiger partial charge in [-0.25, -0.2) is 33.4 Å². The molecule has 5 aromatic heterocycles. The second kappa shape index (κ2) is 18.4. The van der Waals surface area contributed by atoms with E-state index in [9.17, 15) is 53.1 Å². The van der Waals surface area contributed by atoms with Crippen LogP contribution in [0.5, 0.6) is 6.01 Å². The first-order valence-electron chi connectivity index (χ1n) is 18.3. The summed E-state index contributed by atoms with van der Waals surface area (Å²) in [5.41, 5.74) is 10.8. The molecular formula is C35H29N17O14S2. The Labute approximate surface area is 381 Å². The minimum absolute atomic E-state index is 0.0263. The van der Waals surface area contributed by atoms with Crippen LogP contribution < -0.4 is 11.5 Å². The number of carboxylic acids is 4. The molecule has 350 valence electrons. The van der Waals surface area contributed by atoms with Crippen LogP contribution in [0.1, 0.15) is 52.8 Å². The van der Waals surface area contributed by atoms with Gasteiger partial charge in [-0.05, 0) is 50.2 Å². The summed E-state index contributed by atoms with van der Waals surface area (Å²) in [6, 6.07) is 5.29. The molecule has 68 heavy (non-hydrogen) atoms. The van der Waals surface area contributed by atoms with Gasteiger partial charge in [-0.3, -0.25) is 4.18 Å². The van der Waals surface area contributed by atoms with E-state index >= 15 is 0 Å². The Hall–Kier alpha value is -9.05. The molecule has 7 rings (SSSR count). The summed E-state index contributed by atoms with van der Waals surface area (Å²) in [5, 5.41) is 82.5. The van der Waals surface area contributed by atoms with Crippen molar-refractivity contribution in [3.63, 3.8) is 0 Å². The predicted molar refractivity (Wildman–Crippen MR) is 225 cm³/mol. The van der Waals surface area contributed by atoms with E-state index in [-0.39, 0.29) is 67.6 Å². The number of carboxylic acid groups (broad SMARTS) is 4. The fourth-order valence-corrected chi connectivity index (χ4v) is 7.06. The van der Waals surface area contributed by atoms with E-state index in [1.807, 2.05) is 0 Å². The zero-order chi connectivity index (χ0) is 49.4. The van der Waals surface area contributed by atoms with Crippen molar-refractivity contribution in [3.8, 4) is 29.3 Å². The summed E-state index contributed by atoms with van der Waals surface area (Å²) >= 11 is 0.642. The van der Waals surface area contributed by atoms with Crippen molar-refractivity contribution in [1.82, 2.24) is 54.1 Å². The average Bonchev–Trinajstić information content (AvgIpc) is 4.06. The van der Waals surface area contributed by atoms with Crippen LogP contribution in [0.15, 0.2) is 79.0 Å². The van der Waals surface area contributed by atoms with Crippen LogP contribution in [0.3, 0.4) is 0 Å². The maximum absolute atomic E-state index is 12.9. The van der Waals surface area contributed by atoms with Crippen LogP contribution in [-0.4, -0.2) is 126 Å². The molecule has 7 aromatic rings. The van der Waals surface area contributed by atoms with Gasteiger partial charge in [0.1, 0.15) is 4.90 Å². The van der Waals surface area contributed by atoms with E-state index in [0.29, 0.717) is 12.0 Å². The first-order valence-corrected chi connectivity index (χ1v) is 20.4. The molecule has 5 heterocycles. The highest BCUT2D eigenvalue weighted by atomic mass is 32.2. The lowest BCUT2D eigenvalue weighted by molar-refractivity contribution is -0.160. The number of aromatic nitrogens is 11. The lowest BCUT2D eigenvalue weighted by Gasteiger charge is -2.08. The lowest BCUT2D eigenvalue weighted by atomic mass is 10.1. The molecule has 0 amide bonds. The van der Waals surface area contributed by atoms with Gasteiger partial charge in [-0.15, -0.1) is 20.5 Å². The third-order valence-electron chi connectivity index (χ3n) is 9.01. The topological polar surface area (TPSA) is 443 Å². The molecular weight excluding hydrogens is 947 g/mol. The third-order valence-corrected chi connectivity index (χ3v) is 10.9. The molecule has 0 bridgehead atoms. The number of aryl methyl sites for hydroxylation is 2. The highest BCUT2D eigenvalue weighted by Gasteiger charge is 2.27. The summed E-state index contributed by atoms with van der Waals surface area (Å²) < 4.78 is 39.2. The number of nitrogen functional groups attached to an aromatic ring is 2. The number of rotatable bonds is 17. The number of anilines is 2. The predicted octanol–water partition coefficient (Wildman–Crippen LogP) is 3.65. The number of benzene rings is 2. The Morgan fingerprint density at radius 2 is 1.06 bits per heavy atom. The number of carbonyl (C=O) groups is 4. The van der Waals surface area contributed by atoms with E-state index in [1.54, 1.807) is 0 Å². The van der Waals surface area contributed by atoms with Crippen molar-refractivity contribution in [2.45, 2.75) is 23.6 Å². The number of hydrogen-bond acceptors (Lipinski definition) is 24. The Bertz CT molecular complexity index is 3330. The van der Waals surface area contributed by atoms with Crippen LogP contribution in [0, 0.1) is 13.8 Å². The number of nitrogens with two attached hydrogens (primary N) is 2. The molecule has 9 N–H and O–H groups in total. The van der Waals surface area contributed by atoms with Gasteiger partial charge in [0.25, 0.3) is 11.9 Å². The van der Waals surface area contributed by atoms with Gasteiger partial charge >= 0.3 is 40.0 Å². The van der Waals surface area contributed by atoms with Crippen LogP contribution in [0.25, 0.3) is 23.3 Å². The minimum atomic E-state index is -4.57. The number of aromatic carboxylic acids is 4. The fraction of sp³-hybridized carbons (Fsp3) is 0.114. The molecule has 31 nitrogen and oxygen atoms in total. The normalized spacial score (nSPS) is 11.8. The molecule has 0 saturated heterocycles. The van der Waals surface area contributed by atoms with Crippen LogP contribution >= 0.6 is 12.0 Å². The van der Waals surface area contributed by atoms with Gasteiger partial charge in [-0.1, -0.05) is 0 Å². The van der Waals surface area contributed by atoms with E-state index in [0.717, 1.165) is 68.4 Å². The summed E-state index contributed by atoms with van der Waals surface area (Å²) in [7, 11) is -2.49. The van der Waals surface area contributed by atoms with Crippen molar-refractivity contribution in [2.75, 3.05) is 25.7 Å². The van der Waals surface area contributed by atoms with Gasteiger partial charge in [0.2, 0.25) is 0 Å². The van der Waals surface area contributed by atoms with Crippen molar-refractivity contribution in [1.29, 1.82) is 0 Å². The van der Waals surface area contributed by atoms with E-state index in [4.69, 9.17) is 15.8 Å². The summed E-state index contributed by atoms with van der Waals surface area (Å²) in [4.78, 5) is 63.6. The van der Waals surface area contributed by atoms with Gasteiger partial charge in [-0.2, -0.15) is 57.5 Å². The van der Waals surface area contributed by atoms with Crippen molar-refractivity contribution in [3.05, 3.63) is 82.4 Å². The molecule has 0 saturated carbocycles. The summed E-state index contributed by atoms with van der Waals surface area (Å²) in [5.74, 6) is -7.93. The number of nitrogens with zero attached hydrogens (tertiary/aromatic N) is 15. The molecule has 2 aromatic carbocycles. The van der Waals surface area contributed by atoms with Crippen molar-refractivity contribution in [2.24, 2.45) is 20.5 Å². The standard InChI is InChI=1S/C35H29N17O14S2/c1-13-23(43-45-27-21(67-66-64-3)11-38-49(27)19-7-15(29(53)54)5-16(8-19)30(55)56)25(36)51(47-13)33-40-34(42-35(61)41-33)52-26(37)24(14(2)48-52)44-46-28-22(68(62,63)65-4)12-39-50(28)20-9-17(31(57)58)6-18(10-20)32(59)60/h5-12H,36-37H2,1-4H3,(H,53,54)(H,55,56)(H,57,58)(H,59,60)(H,40,41,42,61). The molecule has 0 radical (unpaired) electrons. The van der Waals surface area contributed by atoms with E-state index in [1.165, 1.54) is 27.2 Å². The summed E-state index contributed by atoms with van der Waals surface area (Å²) in [6.07, 6.45) is 2.08. The SMILES string of the molecule is COOSc1cnn(-c2cc(C(=O)O)cc(C(=O)O)c2)c1N=Nc1c(C)nn(-c2nc(O)nc(-n3nc(C)c(N=Nc4c(S(=O)(=O)OC)cnn4-c4cc(C(=O)O)cc(C(=O)O)c4)c3N)n2)c1N. The Morgan fingerprint density at radius 3 is 1.49 bits per heavy atom. The van der Waals surface area contributed by atoms with Crippen LogP contribution in [0.4, 0.5) is 34.6 Å². The molecule has 0 spiro atoms. The monoisotopic (exact) mass is 975 g/mol. The maximum Gasteiger partial charge on any atom is 0.335 e. The zero-order valence-electron chi connectivity index (χ0n) is 34.7. The van der Waals surface area contributed by atoms with Gasteiger partial charge in [0.15, 0.2) is 39.5 Å². The highest BCUT2D eigenvalue weighted by molar-refractivity contribution is 7.94. The summed E-state index contributed by atoms with van der Waals surface area (Å²) in [6.45, 7) is 2.90. The van der Waals surface area contributed by atoms with E-state index in [2.05, 4.69) is 64.9 Å². The molecule has 0 atom stereocenters. The first-order chi connectivity index (χ1) is 32.2. The van der Waals surface area contributed by atoms with Crippen LogP contribution in [-0.2, 0) is 23.5 Å². The average molecular weight is 976 g/mol. The molecule has 33 heteroatoms. The Morgan fingerprint density at radius 1 is 0.632 bits per heavy atom. The van der Waals surface area contributed by atoms with Crippen LogP contribution in [0.2, 0.25) is 0 Å². The molecule has 0 fully saturated rings. The van der Waals surface area contributed by atoms with Gasteiger partial charge in [0.05, 0.1) is 83.7 Å². The Kier molecular flexibility index (Phi) is 12.7. The van der Waals surface area contributed by atoms with E-state index < -0.39 is 73.7 Å². The molecule has 0 aliphatic rings. The first kappa shape index (κ1) is 46.9. The zero-order valence-corrected chi connectivity index (χ0v) is 36.3. The third kappa shape index (κ3) is 9.10. The lowest BCUT2D eigenvalue weighted by Crippen LogP contribution is -2.13. The largest absolute Gasteiger partial charge is 0.479 e. The Balaban J connectivity index is 1.26. The van der Waals surface area contributed by atoms with Gasteiger partial charge in [0, 0.05) is 0 Å². The van der Waals surface area contributed by atoms with Crippen molar-refractivity contribution < 1.29 is 66.5 Å².